The fourth-order valence-electron chi connectivity index (χ4n) is 3.00. The van der Waals surface area contributed by atoms with Crippen molar-refractivity contribution in [2.24, 2.45) is 0 Å². The van der Waals surface area contributed by atoms with Gasteiger partial charge in [-0.3, -0.25) is 0 Å². The normalized spacial score (nSPS) is 24.6. The quantitative estimate of drug-likeness (QED) is 0.784. The summed E-state index contributed by atoms with van der Waals surface area (Å²) in [6, 6.07) is 8.72. The van der Waals surface area contributed by atoms with Crippen molar-refractivity contribution in [3.8, 4) is 5.75 Å². The molecule has 0 spiro atoms. The van der Waals surface area contributed by atoms with Crippen molar-refractivity contribution >= 4 is 0 Å². The van der Waals surface area contributed by atoms with Crippen molar-refractivity contribution < 1.29 is 14.2 Å². The van der Waals surface area contributed by atoms with E-state index < -0.39 is 0 Å². The van der Waals surface area contributed by atoms with Crippen molar-refractivity contribution in [1.29, 1.82) is 0 Å². The third-order valence-electron chi connectivity index (χ3n) is 4.14. The van der Waals surface area contributed by atoms with E-state index in [0.29, 0.717) is 12.1 Å². The average molecular weight is 291 g/mol. The number of nitrogens with one attached hydrogen (secondary N) is 1. The van der Waals surface area contributed by atoms with E-state index in [9.17, 15) is 0 Å². The Kier molecular flexibility index (Phi) is 5.49. The first kappa shape index (κ1) is 14.8. The Hall–Kier alpha value is -1.10. The molecule has 21 heavy (non-hydrogen) atoms. The van der Waals surface area contributed by atoms with Crippen LogP contribution in [-0.2, 0) is 9.47 Å². The maximum Gasteiger partial charge on any atom is 0.124 e. The van der Waals surface area contributed by atoms with Crippen LogP contribution in [0.25, 0.3) is 0 Å². The highest BCUT2D eigenvalue weighted by molar-refractivity contribution is 5.37. The molecule has 4 heteroatoms. The Bertz CT molecular complexity index is 432. The second-order valence-electron chi connectivity index (χ2n) is 5.75. The van der Waals surface area contributed by atoms with Gasteiger partial charge in [0.15, 0.2) is 0 Å². The number of hydrogen-bond donors (Lipinski definition) is 1. The second-order valence-corrected chi connectivity index (χ2v) is 5.75. The van der Waals surface area contributed by atoms with Crippen molar-refractivity contribution in [1.82, 2.24) is 5.32 Å². The van der Waals surface area contributed by atoms with Crippen molar-refractivity contribution in [2.75, 3.05) is 33.0 Å². The Morgan fingerprint density at radius 1 is 1.19 bits per heavy atom. The molecule has 116 valence electrons. The summed E-state index contributed by atoms with van der Waals surface area (Å²) in [5, 5.41) is 3.61. The number of fused-ring (bicyclic) bond motifs is 1. The Morgan fingerprint density at radius 2 is 2.14 bits per heavy atom. The van der Waals surface area contributed by atoms with Crippen LogP contribution in [0.15, 0.2) is 24.3 Å². The van der Waals surface area contributed by atoms with Gasteiger partial charge < -0.3 is 19.5 Å². The molecule has 3 rings (SSSR count). The van der Waals surface area contributed by atoms with E-state index >= 15 is 0 Å². The van der Waals surface area contributed by atoms with Gasteiger partial charge in [0.1, 0.15) is 5.75 Å². The van der Waals surface area contributed by atoms with Gasteiger partial charge in [0.05, 0.1) is 19.3 Å². The van der Waals surface area contributed by atoms with Crippen LogP contribution in [0.5, 0.6) is 5.75 Å². The molecule has 1 aromatic rings. The van der Waals surface area contributed by atoms with Crippen molar-refractivity contribution in [3.05, 3.63) is 29.8 Å². The predicted octanol–water partition coefficient (Wildman–Crippen LogP) is 2.69. The lowest BCUT2D eigenvalue weighted by molar-refractivity contribution is 0.0164. The maximum absolute atomic E-state index is 5.69. The lowest BCUT2D eigenvalue weighted by Gasteiger charge is -2.26. The van der Waals surface area contributed by atoms with E-state index in [1.54, 1.807) is 0 Å². The number of benzene rings is 1. The summed E-state index contributed by atoms with van der Waals surface area (Å²) in [6.07, 6.45) is 4.73. The lowest BCUT2D eigenvalue weighted by atomic mass is 10.0. The zero-order chi connectivity index (χ0) is 14.3. The Balaban J connectivity index is 1.32. The summed E-state index contributed by atoms with van der Waals surface area (Å²) in [5.74, 6) is 1.02. The molecule has 2 heterocycles. The molecule has 1 saturated heterocycles. The Morgan fingerprint density at radius 3 is 3.05 bits per heavy atom. The molecule has 2 unspecified atom stereocenters. The molecule has 0 amide bonds. The molecule has 1 N–H and O–H groups in total. The van der Waals surface area contributed by atoms with Crippen molar-refractivity contribution in [3.63, 3.8) is 0 Å². The van der Waals surface area contributed by atoms with E-state index in [2.05, 4.69) is 17.4 Å². The summed E-state index contributed by atoms with van der Waals surface area (Å²) >= 11 is 0. The SMILES string of the molecule is c1ccc2c(c1)OCCC2NCCCOCC1CCCO1. The molecule has 4 nitrogen and oxygen atoms in total. The van der Waals surface area contributed by atoms with Crippen LogP contribution >= 0.6 is 0 Å². The lowest BCUT2D eigenvalue weighted by Crippen LogP contribution is -2.28. The van der Waals surface area contributed by atoms with E-state index in [-0.39, 0.29) is 0 Å². The third kappa shape index (κ3) is 4.19. The van der Waals surface area contributed by atoms with Crippen LogP contribution in [0.1, 0.15) is 37.3 Å². The maximum atomic E-state index is 5.69. The summed E-state index contributed by atoms with van der Waals surface area (Å²) < 4.78 is 16.9. The van der Waals surface area contributed by atoms with Crippen LogP contribution < -0.4 is 10.1 Å². The third-order valence-corrected chi connectivity index (χ3v) is 4.14. The minimum absolute atomic E-state index is 0.334. The van der Waals surface area contributed by atoms with E-state index in [1.807, 2.05) is 12.1 Å². The molecule has 0 aromatic heterocycles. The molecule has 0 radical (unpaired) electrons. The van der Waals surface area contributed by atoms with Crippen LogP contribution in [0.2, 0.25) is 0 Å². The molecular weight excluding hydrogens is 266 g/mol. The summed E-state index contributed by atoms with van der Waals surface area (Å²) in [5.41, 5.74) is 1.28. The molecule has 2 aliphatic heterocycles. The molecule has 0 bridgehead atoms. The molecular formula is C17H25NO3. The van der Waals surface area contributed by atoms with Gasteiger partial charge in [0, 0.05) is 31.2 Å². The molecule has 1 aromatic carbocycles. The molecule has 2 aliphatic rings. The molecule has 0 saturated carbocycles. The van der Waals surface area contributed by atoms with Gasteiger partial charge in [-0.15, -0.1) is 0 Å². The van der Waals surface area contributed by atoms with Crippen molar-refractivity contribution in [2.45, 2.75) is 37.8 Å². The summed E-state index contributed by atoms with van der Waals surface area (Å²) in [4.78, 5) is 0. The number of hydrogen-bond acceptors (Lipinski definition) is 4. The van der Waals surface area contributed by atoms with Gasteiger partial charge in [-0.05, 0) is 31.9 Å². The zero-order valence-corrected chi connectivity index (χ0v) is 12.6. The predicted molar refractivity (Wildman–Crippen MR) is 81.7 cm³/mol. The van der Waals surface area contributed by atoms with Gasteiger partial charge >= 0.3 is 0 Å². The fraction of sp³-hybridized carbons (Fsp3) is 0.647. The zero-order valence-electron chi connectivity index (χ0n) is 12.6. The first-order valence-corrected chi connectivity index (χ1v) is 8.08. The molecule has 2 atom stereocenters. The molecule has 0 aliphatic carbocycles. The van der Waals surface area contributed by atoms with Gasteiger partial charge in [0.25, 0.3) is 0 Å². The van der Waals surface area contributed by atoms with Gasteiger partial charge in [0.2, 0.25) is 0 Å². The smallest absolute Gasteiger partial charge is 0.124 e. The molecule has 1 fully saturated rings. The summed E-state index contributed by atoms with van der Waals surface area (Å²) in [6.45, 7) is 4.23. The summed E-state index contributed by atoms with van der Waals surface area (Å²) in [7, 11) is 0. The highest BCUT2D eigenvalue weighted by Gasteiger charge is 2.20. The van der Waals surface area contributed by atoms with Crippen LogP contribution in [0, 0.1) is 0 Å². The number of rotatable bonds is 7. The highest BCUT2D eigenvalue weighted by Crippen LogP contribution is 2.31. The Labute approximate surface area is 126 Å². The second kappa shape index (κ2) is 7.78. The standard InChI is InChI=1S/C17H25NO3/c1-2-7-17-15(6-1)16(8-12-21-17)18-9-4-10-19-13-14-5-3-11-20-14/h1-2,6-7,14,16,18H,3-5,8-13H2. The topological polar surface area (TPSA) is 39.7 Å². The van der Waals surface area contributed by atoms with Gasteiger partial charge in [-0.1, -0.05) is 18.2 Å². The average Bonchev–Trinajstić information content (AvgIpc) is 3.04. The van der Waals surface area contributed by atoms with E-state index in [0.717, 1.165) is 58.0 Å². The highest BCUT2D eigenvalue weighted by atomic mass is 16.5. The number of para-hydroxylation sites is 1. The first-order valence-electron chi connectivity index (χ1n) is 8.08. The monoisotopic (exact) mass is 291 g/mol. The van der Waals surface area contributed by atoms with Gasteiger partial charge in [-0.2, -0.15) is 0 Å². The van der Waals surface area contributed by atoms with E-state index in [4.69, 9.17) is 14.2 Å². The largest absolute Gasteiger partial charge is 0.493 e. The number of ether oxygens (including phenoxy) is 3. The van der Waals surface area contributed by atoms with Crippen LogP contribution in [0.3, 0.4) is 0 Å². The van der Waals surface area contributed by atoms with E-state index in [1.165, 1.54) is 12.0 Å². The van der Waals surface area contributed by atoms with Gasteiger partial charge in [-0.25, -0.2) is 0 Å². The van der Waals surface area contributed by atoms with Crippen LogP contribution in [-0.4, -0.2) is 39.1 Å². The first-order chi connectivity index (χ1) is 10.4. The fourth-order valence-corrected chi connectivity index (χ4v) is 3.00. The minimum atomic E-state index is 0.334. The minimum Gasteiger partial charge on any atom is -0.493 e. The van der Waals surface area contributed by atoms with Crippen LogP contribution in [0.4, 0.5) is 0 Å².